The topological polar surface area (TPSA) is 69.5 Å². The van der Waals surface area contributed by atoms with Gasteiger partial charge in [0.1, 0.15) is 12.7 Å². The molecule has 3 rings (SSSR count). The first-order valence-electron chi connectivity index (χ1n) is 8.50. The van der Waals surface area contributed by atoms with E-state index in [0.717, 1.165) is 58.3 Å². The number of hydrogen-bond acceptors (Lipinski definition) is 5. The third kappa shape index (κ3) is 3.72. The van der Waals surface area contributed by atoms with Gasteiger partial charge in [0, 0.05) is 39.8 Å². The molecule has 7 nitrogen and oxygen atoms in total. The molecule has 0 aromatic carbocycles. The van der Waals surface area contributed by atoms with Gasteiger partial charge in [-0.1, -0.05) is 0 Å². The molecule has 23 heavy (non-hydrogen) atoms. The number of amides is 1. The molecule has 1 aromatic heterocycles. The fourth-order valence-electron chi connectivity index (χ4n) is 3.73. The smallest absolute Gasteiger partial charge is 0.222 e. The van der Waals surface area contributed by atoms with E-state index in [1.54, 1.807) is 18.1 Å². The minimum absolute atomic E-state index is 0.167. The number of ether oxygens (including phenoxy) is 2. The van der Waals surface area contributed by atoms with Crippen LogP contribution in [-0.4, -0.2) is 64.1 Å². The van der Waals surface area contributed by atoms with Gasteiger partial charge in [0.15, 0.2) is 0 Å². The first kappa shape index (κ1) is 16.4. The molecule has 7 heteroatoms. The van der Waals surface area contributed by atoms with Crippen molar-refractivity contribution in [2.24, 2.45) is 0 Å². The molecule has 3 heterocycles. The summed E-state index contributed by atoms with van der Waals surface area (Å²) < 4.78 is 13.5. The Bertz CT molecular complexity index is 497. The highest BCUT2D eigenvalue weighted by atomic mass is 16.5. The molecular weight excluding hydrogens is 296 g/mol. The highest BCUT2D eigenvalue weighted by molar-refractivity contribution is 5.76. The van der Waals surface area contributed by atoms with Gasteiger partial charge in [-0.05, 0) is 32.1 Å². The van der Waals surface area contributed by atoms with Gasteiger partial charge in [0.05, 0.1) is 11.7 Å². The highest BCUT2D eigenvalue weighted by Crippen LogP contribution is 2.36. The molecule has 0 unspecified atom stereocenters. The Morgan fingerprint density at radius 2 is 2.26 bits per heavy atom. The lowest BCUT2D eigenvalue weighted by molar-refractivity contribution is -0.188. The zero-order valence-electron chi connectivity index (χ0n) is 13.8. The number of hydrogen-bond donors (Lipinski definition) is 0. The average molecular weight is 322 g/mol. The number of rotatable bonds is 5. The number of methoxy groups -OCH3 is 1. The molecule has 0 saturated carbocycles. The summed E-state index contributed by atoms with van der Waals surface area (Å²) in [6.45, 7) is 3.08. The molecule has 2 aliphatic heterocycles. The minimum atomic E-state index is -0.176. The Labute approximate surface area is 137 Å². The second-order valence-electron chi connectivity index (χ2n) is 6.42. The van der Waals surface area contributed by atoms with Crippen molar-refractivity contribution in [2.45, 2.75) is 56.8 Å². The van der Waals surface area contributed by atoms with Crippen molar-refractivity contribution in [2.75, 3.05) is 26.8 Å². The van der Waals surface area contributed by atoms with Crippen molar-refractivity contribution >= 4 is 5.91 Å². The Morgan fingerprint density at radius 3 is 2.96 bits per heavy atom. The molecular formula is C16H26N4O3. The lowest BCUT2D eigenvalue weighted by Gasteiger charge is -2.48. The van der Waals surface area contributed by atoms with Crippen molar-refractivity contribution in [1.29, 1.82) is 0 Å². The van der Waals surface area contributed by atoms with Crippen LogP contribution < -0.4 is 0 Å². The third-order valence-corrected chi connectivity index (χ3v) is 5.08. The van der Waals surface area contributed by atoms with Crippen LogP contribution in [0.5, 0.6) is 0 Å². The number of carbonyl (C=O) groups excluding carboxylic acids is 1. The van der Waals surface area contributed by atoms with Crippen molar-refractivity contribution in [1.82, 2.24) is 19.7 Å². The zero-order chi connectivity index (χ0) is 16.1. The number of piperidine rings is 1. The molecule has 0 bridgehead atoms. The average Bonchev–Trinajstić information content (AvgIpc) is 3.09. The highest BCUT2D eigenvalue weighted by Gasteiger charge is 2.45. The van der Waals surface area contributed by atoms with E-state index in [4.69, 9.17) is 9.47 Å². The molecule has 1 atom stereocenters. The second kappa shape index (κ2) is 7.40. The number of likely N-dealkylation sites (tertiary alicyclic amines) is 1. The Morgan fingerprint density at radius 1 is 1.43 bits per heavy atom. The summed E-state index contributed by atoms with van der Waals surface area (Å²) in [6, 6.07) is 0. The normalized spacial score (nSPS) is 24.0. The number of nitrogens with zero attached hydrogens (tertiary/aromatic N) is 4. The van der Waals surface area contributed by atoms with Crippen molar-refractivity contribution in [3.63, 3.8) is 0 Å². The molecule has 2 aliphatic rings. The van der Waals surface area contributed by atoms with Crippen molar-refractivity contribution in [3.8, 4) is 0 Å². The maximum atomic E-state index is 12.4. The molecule has 2 fully saturated rings. The quantitative estimate of drug-likeness (QED) is 0.816. The summed E-state index contributed by atoms with van der Waals surface area (Å²) in [7, 11) is 1.77. The SMILES string of the molecule is CO[C@@H]1CCCOC12CCN(C(=O)CCCn1cncn1)CC2. The molecule has 128 valence electrons. The van der Waals surface area contributed by atoms with E-state index in [1.165, 1.54) is 6.33 Å². The lowest BCUT2D eigenvalue weighted by atomic mass is 9.81. The number of carbonyl (C=O) groups is 1. The van der Waals surface area contributed by atoms with Crippen LogP contribution in [0.15, 0.2) is 12.7 Å². The van der Waals surface area contributed by atoms with Crippen LogP contribution in [-0.2, 0) is 20.8 Å². The van der Waals surface area contributed by atoms with Crippen LogP contribution in [0.1, 0.15) is 38.5 Å². The van der Waals surface area contributed by atoms with E-state index in [-0.39, 0.29) is 17.6 Å². The Kier molecular flexibility index (Phi) is 5.27. The molecule has 0 aliphatic carbocycles. The van der Waals surface area contributed by atoms with Gasteiger partial charge in [0.2, 0.25) is 5.91 Å². The molecule has 2 saturated heterocycles. The number of aryl methyl sites for hydroxylation is 1. The third-order valence-electron chi connectivity index (χ3n) is 5.08. The van der Waals surface area contributed by atoms with Gasteiger partial charge in [-0.25, -0.2) is 4.98 Å². The van der Waals surface area contributed by atoms with E-state index in [9.17, 15) is 4.79 Å². The van der Waals surface area contributed by atoms with E-state index in [0.29, 0.717) is 6.42 Å². The van der Waals surface area contributed by atoms with Crippen LogP contribution in [0.3, 0.4) is 0 Å². The molecule has 0 radical (unpaired) electrons. The van der Waals surface area contributed by atoms with E-state index >= 15 is 0 Å². The minimum Gasteiger partial charge on any atom is -0.378 e. The largest absolute Gasteiger partial charge is 0.378 e. The zero-order valence-corrected chi connectivity index (χ0v) is 13.8. The lowest BCUT2D eigenvalue weighted by Crippen LogP contribution is -2.56. The van der Waals surface area contributed by atoms with Gasteiger partial charge in [0.25, 0.3) is 0 Å². The Balaban J connectivity index is 1.45. The standard InChI is InChI=1S/C16H26N4O3/c1-22-14-4-3-11-23-16(14)6-9-19(10-7-16)15(21)5-2-8-20-13-17-12-18-20/h12-14H,2-11H2,1H3/t14-/m1/s1. The molecule has 1 spiro atoms. The monoisotopic (exact) mass is 322 g/mol. The molecule has 1 aromatic rings. The van der Waals surface area contributed by atoms with Crippen LogP contribution in [0.2, 0.25) is 0 Å². The van der Waals surface area contributed by atoms with Crippen LogP contribution >= 0.6 is 0 Å². The summed E-state index contributed by atoms with van der Waals surface area (Å²) in [5, 5.41) is 4.05. The summed E-state index contributed by atoms with van der Waals surface area (Å²) in [5.74, 6) is 0.227. The van der Waals surface area contributed by atoms with Gasteiger partial charge in [-0.2, -0.15) is 5.10 Å². The van der Waals surface area contributed by atoms with Gasteiger partial charge in [-0.3, -0.25) is 9.48 Å². The first-order chi connectivity index (χ1) is 11.2. The van der Waals surface area contributed by atoms with Crippen molar-refractivity contribution in [3.05, 3.63) is 12.7 Å². The summed E-state index contributed by atoms with van der Waals surface area (Å²) in [4.78, 5) is 18.2. The second-order valence-corrected chi connectivity index (χ2v) is 6.42. The summed E-state index contributed by atoms with van der Waals surface area (Å²) in [6.07, 6.45) is 8.58. The summed E-state index contributed by atoms with van der Waals surface area (Å²) in [5.41, 5.74) is -0.176. The van der Waals surface area contributed by atoms with E-state index < -0.39 is 0 Å². The van der Waals surface area contributed by atoms with Gasteiger partial charge >= 0.3 is 0 Å². The maximum Gasteiger partial charge on any atom is 0.222 e. The predicted molar refractivity (Wildman–Crippen MR) is 83.8 cm³/mol. The van der Waals surface area contributed by atoms with E-state index in [2.05, 4.69) is 10.1 Å². The fourth-order valence-corrected chi connectivity index (χ4v) is 3.73. The summed E-state index contributed by atoms with van der Waals surface area (Å²) >= 11 is 0. The van der Waals surface area contributed by atoms with Crippen molar-refractivity contribution < 1.29 is 14.3 Å². The van der Waals surface area contributed by atoms with Gasteiger partial charge < -0.3 is 14.4 Å². The fraction of sp³-hybridized carbons (Fsp3) is 0.812. The van der Waals surface area contributed by atoms with Crippen LogP contribution in [0.25, 0.3) is 0 Å². The predicted octanol–water partition coefficient (Wildman–Crippen LogP) is 1.24. The Hall–Kier alpha value is -1.47. The first-order valence-corrected chi connectivity index (χ1v) is 8.50. The molecule has 1 amide bonds. The molecule has 0 N–H and O–H groups in total. The maximum absolute atomic E-state index is 12.4. The van der Waals surface area contributed by atoms with Crippen LogP contribution in [0.4, 0.5) is 0 Å². The van der Waals surface area contributed by atoms with E-state index in [1.807, 2.05) is 4.90 Å². The van der Waals surface area contributed by atoms with Crippen LogP contribution in [0, 0.1) is 0 Å². The number of aromatic nitrogens is 3. The van der Waals surface area contributed by atoms with Gasteiger partial charge in [-0.15, -0.1) is 0 Å².